The molecule has 4 aliphatic carbocycles. The molecule has 3 nitrogen and oxygen atoms in total. The van der Waals surface area contributed by atoms with Gasteiger partial charge in [0.25, 0.3) is 0 Å². The Kier molecular flexibility index (Phi) is 4.27. The van der Waals surface area contributed by atoms with Gasteiger partial charge in [-0.3, -0.25) is 9.59 Å². The number of aliphatic hydroxyl groups is 1. The summed E-state index contributed by atoms with van der Waals surface area (Å²) < 4.78 is 0.0987. The van der Waals surface area contributed by atoms with Crippen LogP contribution in [-0.2, 0) is 9.59 Å². The molecule has 138 valence electrons. The predicted octanol–water partition coefficient (Wildman–Crippen LogP) is 4.11. The number of rotatable bonds is 1. The van der Waals surface area contributed by atoms with Gasteiger partial charge in [0.05, 0.1) is 6.10 Å². The molecule has 4 heteroatoms. The zero-order valence-electron chi connectivity index (χ0n) is 15.4. The highest BCUT2D eigenvalue weighted by Crippen LogP contribution is 2.68. The molecular weight excluding hydrogens is 427 g/mol. The van der Waals surface area contributed by atoms with Crippen LogP contribution in [0.4, 0.5) is 0 Å². The van der Waals surface area contributed by atoms with Gasteiger partial charge in [0.15, 0.2) is 5.78 Å². The van der Waals surface area contributed by atoms with Crippen molar-refractivity contribution in [1.29, 1.82) is 0 Å². The van der Waals surface area contributed by atoms with Crippen molar-refractivity contribution in [3.8, 4) is 0 Å². The lowest BCUT2D eigenvalue weighted by molar-refractivity contribution is -0.138. The van der Waals surface area contributed by atoms with E-state index in [4.69, 9.17) is 0 Å². The van der Waals surface area contributed by atoms with E-state index in [1.165, 1.54) is 5.57 Å². The summed E-state index contributed by atoms with van der Waals surface area (Å²) in [5.74, 6) is 1.87. The van der Waals surface area contributed by atoms with Crippen LogP contribution in [0.15, 0.2) is 11.6 Å². The third-order valence-electron chi connectivity index (χ3n) is 8.49. The average molecular weight is 456 g/mol. The van der Waals surface area contributed by atoms with Gasteiger partial charge in [0.2, 0.25) is 0 Å². The van der Waals surface area contributed by atoms with Crippen molar-refractivity contribution < 1.29 is 14.7 Å². The van der Waals surface area contributed by atoms with E-state index in [2.05, 4.69) is 36.4 Å². The highest BCUT2D eigenvalue weighted by Gasteiger charge is 2.66. The number of carbonyl (C=O) groups excluding carboxylic acids is 2. The molecule has 0 heterocycles. The lowest BCUT2D eigenvalue weighted by Gasteiger charge is -2.61. The Labute approximate surface area is 164 Å². The van der Waals surface area contributed by atoms with Crippen LogP contribution in [-0.4, -0.2) is 26.7 Å². The zero-order valence-corrected chi connectivity index (χ0v) is 17.6. The van der Waals surface area contributed by atoms with E-state index in [-0.39, 0.29) is 32.4 Å². The standard InChI is InChI=1S/C21H29IO3/c1-11(23)15-6-7-16-14-5-4-12-10-13(24)8-9-20(12,2)17(14)18(25)19(22)21(15,16)3/h10,14-19,25H,4-9H2,1-3H3/t14-,15+,16-,17+,18+,19-,20-,21+/m0/s1. The molecular formula is C21H29IO3. The molecule has 0 aromatic carbocycles. The second-order valence-corrected chi connectivity index (χ2v) is 10.7. The Balaban J connectivity index is 1.77. The smallest absolute Gasteiger partial charge is 0.155 e. The fourth-order valence-electron chi connectivity index (χ4n) is 7.26. The molecule has 8 atom stereocenters. The van der Waals surface area contributed by atoms with Crippen LogP contribution in [0.3, 0.4) is 0 Å². The summed E-state index contributed by atoms with van der Waals surface area (Å²) in [5, 5.41) is 11.4. The van der Waals surface area contributed by atoms with Crippen LogP contribution in [0.2, 0.25) is 0 Å². The molecule has 0 bridgehead atoms. The Hall–Kier alpha value is -0.230. The second kappa shape index (κ2) is 5.88. The lowest BCUT2D eigenvalue weighted by atomic mass is 9.46. The van der Waals surface area contributed by atoms with Crippen molar-refractivity contribution >= 4 is 34.2 Å². The first-order valence-electron chi connectivity index (χ1n) is 9.77. The summed E-state index contributed by atoms with van der Waals surface area (Å²) >= 11 is 2.44. The SMILES string of the molecule is CC(=O)[C@H]1CC[C@H]2[C@@H]3CCC4=CC(=O)CC[C@]4(C)[C@H]3[C@@H](O)[C@H](I)[C@]12C. The summed E-state index contributed by atoms with van der Waals surface area (Å²) in [4.78, 5) is 24.3. The maximum atomic E-state index is 12.3. The third kappa shape index (κ3) is 2.31. The average Bonchev–Trinajstić information content (AvgIpc) is 2.91. The van der Waals surface area contributed by atoms with E-state index in [1.807, 2.05) is 6.08 Å². The fraction of sp³-hybridized carbons (Fsp3) is 0.810. The Bertz CT molecular complexity index is 656. The molecule has 0 saturated heterocycles. The summed E-state index contributed by atoms with van der Waals surface area (Å²) in [5.41, 5.74) is 1.14. The van der Waals surface area contributed by atoms with Gasteiger partial charge in [0, 0.05) is 16.3 Å². The van der Waals surface area contributed by atoms with Gasteiger partial charge in [-0.2, -0.15) is 0 Å². The van der Waals surface area contributed by atoms with Crippen molar-refractivity contribution in [3.63, 3.8) is 0 Å². The van der Waals surface area contributed by atoms with Gasteiger partial charge >= 0.3 is 0 Å². The first kappa shape index (κ1) is 18.1. The molecule has 3 saturated carbocycles. The highest BCUT2D eigenvalue weighted by atomic mass is 127. The minimum atomic E-state index is -0.395. The fourth-order valence-corrected chi connectivity index (χ4v) is 8.60. The molecule has 0 aliphatic heterocycles. The number of hydrogen-bond donors (Lipinski definition) is 1. The van der Waals surface area contributed by atoms with E-state index in [9.17, 15) is 14.7 Å². The largest absolute Gasteiger partial charge is 0.392 e. The molecule has 0 amide bonds. The monoisotopic (exact) mass is 456 g/mol. The predicted molar refractivity (Wildman–Crippen MR) is 105 cm³/mol. The molecule has 0 unspecified atom stereocenters. The molecule has 0 radical (unpaired) electrons. The van der Waals surface area contributed by atoms with Crippen molar-refractivity contribution in [2.75, 3.05) is 0 Å². The first-order valence-corrected chi connectivity index (χ1v) is 11.0. The normalized spacial score (nSPS) is 52.0. The van der Waals surface area contributed by atoms with Gasteiger partial charge in [-0.1, -0.05) is 42.0 Å². The Morgan fingerprint density at radius 3 is 2.64 bits per heavy atom. The Morgan fingerprint density at radius 1 is 1.24 bits per heavy atom. The topological polar surface area (TPSA) is 54.4 Å². The number of fused-ring (bicyclic) bond motifs is 5. The van der Waals surface area contributed by atoms with E-state index < -0.39 is 6.10 Å². The quantitative estimate of drug-likeness (QED) is 0.478. The van der Waals surface area contributed by atoms with Crippen molar-refractivity contribution in [2.45, 2.75) is 69.3 Å². The van der Waals surface area contributed by atoms with Crippen LogP contribution >= 0.6 is 22.6 Å². The summed E-state index contributed by atoms with van der Waals surface area (Å²) in [6.45, 7) is 6.29. The highest BCUT2D eigenvalue weighted by molar-refractivity contribution is 14.1. The summed E-state index contributed by atoms with van der Waals surface area (Å²) in [7, 11) is 0. The number of halogens is 1. The molecule has 1 N–H and O–H groups in total. The number of aliphatic hydroxyl groups excluding tert-OH is 1. The number of allylic oxidation sites excluding steroid dienone is 1. The zero-order chi connectivity index (χ0) is 18.1. The van der Waals surface area contributed by atoms with E-state index in [0.717, 1.165) is 32.1 Å². The molecule has 3 fully saturated rings. The number of Topliss-reactive ketones (excluding diaryl/α,β-unsaturated/α-hetero) is 1. The summed E-state index contributed by atoms with van der Waals surface area (Å²) in [6, 6.07) is 0. The first-order chi connectivity index (χ1) is 11.7. The van der Waals surface area contributed by atoms with Crippen LogP contribution in [0.1, 0.15) is 59.3 Å². The molecule has 25 heavy (non-hydrogen) atoms. The van der Waals surface area contributed by atoms with Crippen molar-refractivity contribution in [2.24, 2.45) is 34.5 Å². The second-order valence-electron chi connectivity index (χ2n) is 9.39. The van der Waals surface area contributed by atoms with Crippen LogP contribution in [0.25, 0.3) is 0 Å². The van der Waals surface area contributed by atoms with E-state index in [1.54, 1.807) is 6.92 Å². The van der Waals surface area contributed by atoms with Crippen LogP contribution < -0.4 is 0 Å². The van der Waals surface area contributed by atoms with E-state index >= 15 is 0 Å². The van der Waals surface area contributed by atoms with Gasteiger partial charge in [0.1, 0.15) is 5.78 Å². The lowest BCUT2D eigenvalue weighted by Crippen LogP contribution is -2.62. The molecule has 0 aromatic heterocycles. The van der Waals surface area contributed by atoms with Gasteiger partial charge in [-0.15, -0.1) is 0 Å². The van der Waals surface area contributed by atoms with Gasteiger partial charge in [-0.05, 0) is 73.7 Å². The Morgan fingerprint density at radius 2 is 1.96 bits per heavy atom. The maximum absolute atomic E-state index is 12.3. The minimum absolute atomic E-state index is 0.0463. The van der Waals surface area contributed by atoms with Gasteiger partial charge < -0.3 is 5.11 Å². The molecule has 4 aliphatic rings. The number of ketones is 2. The molecule has 0 spiro atoms. The van der Waals surface area contributed by atoms with Gasteiger partial charge in [-0.25, -0.2) is 0 Å². The summed E-state index contributed by atoms with van der Waals surface area (Å²) in [6.07, 6.45) is 7.11. The minimum Gasteiger partial charge on any atom is -0.392 e. The molecule has 4 rings (SSSR count). The number of alkyl halides is 1. The maximum Gasteiger partial charge on any atom is 0.155 e. The van der Waals surface area contributed by atoms with Crippen LogP contribution in [0, 0.1) is 34.5 Å². The van der Waals surface area contributed by atoms with Crippen molar-refractivity contribution in [1.82, 2.24) is 0 Å². The molecule has 0 aromatic rings. The van der Waals surface area contributed by atoms with Crippen LogP contribution in [0.5, 0.6) is 0 Å². The third-order valence-corrected chi connectivity index (χ3v) is 10.6. The van der Waals surface area contributed by atoms with Crippen molar-refractivity contribution in [3.05, 3.63) is 11.6 Å². The van der Waals surface area contributed by atoms with E-state index in [0.29, 0.717) is 24.0 Å². The number of hydrogen-bond acceptors (Lipinski definition) is 3. The number of carbonyl (C=O) groups is 2.